The van der Waals surface area contributed by atoms with Crippen LogP contribution in [0.5, 0.6) is 0 Å². The lowest BCUT2D eigenvalue weighted by atomic mass is 9.84. The van der Waals surface area contributed by atoms with Crippen LogP contribution in [0.4, 0.5) is 0 Å². The molecule has 142 valence electrons. The number of amides is 2. The number of aromatic nitrogens is 1. The fourth-order valence-electron chi connectivity index (χ4n) is 4.52. The third-order valence-electron chi connectivity index (χ3n) is 6.24. The van der Waals surface area contributed by atoms with E-state index in [0.29, 0.717) is 13.0 Å². The minimum atomic E-state index is -0.516. The van der Waals surface area contributed by atoms with Gasteiger partial charge in [-0.3, -0.25) is 9.59 Å². The molecule has 0 spiro atoms. The van der Waals surface area contributed by atoms with E-state index in [1.807, 2.05) is 31.2 Å². The molecule has 2 fully saturated rings. The number of carbonyl (C=O) groups excluding carboxylic acids is 2. The number of para-hydroxylation sites is 1. The van der Waals surface area contributed by atoms with Crippen LogP contribution < -0.4 is 5.32 Å². The van der Waals surface area contributed by atoms with Crippen molar-refractivity contribution in [2.24, 2.45) is 5.92 Å². The topological polar surface area (TPSA) is 65.2 Å². The van der Waals surface area contributed by atoms with Crippen molar-refractivity contribution < 1.29 is 9.59 Å². The fraction of sp³-hybridized carbons (Fsp3) is 0.455. The lowest BCUT2D eigenvalue weighted by Gasteiger charge is -2.36. The van der Waals surface area contributed by atoms with Crippen molar-refractivity contribution in [1.29, 1.82) is 0 Å². The van der Waals surface area contributed by atoms with Crippen LogP contribution in [-0.4, -0.2) is 40.3 Å². The Morgan fingerprint density at radius 2 is 2.04 bits per heavy atom. The molecule has 4 rings (SSSR count). The van der Waals surface area contributed by atoms with Crippen LogP contribution in [0.15, 0.2) is 36.9 Å². The molecule has 5 heteroatoms. The van der Waals surface area contributed by atoms with Crippen LogP contribution in [-0.2, 0) is 21.4 Å². The molecule has 5 nitrogen and oxygen atoms in total. The van der Waals surface area contributed by atoms with E-state index in [1.54, 1.807) is 4.90 Å². The zero-order chi connectivity index (χ0) is 19.3. The smallest absolute Gasteiger partial charge is 0.246 e. The Bertz CT molecular complexity index is 927. The third kappa shape index (κ3) is 2.76. The highest BCUT2D eigenvalue weighted by Crippen LogP contribution is 2.35. The van der Waals surface area contributed by atoms with Gasteiger partial charge in [-0.2, -0.15) is 0 Å². The summed E-state index contributed by atoms with van der Waals surface area (Å²) in [5.41, 5.74) is 2.91. The minimum absolute atomic E-state index is 0.0195. The maximum atomic E-state index is 13.1. The van der Waals surface area contributed by atoms with Crippen molar-refractivity contribution in [3.63, 3.8) is 0 Å². The molecule has 1 aromatic heterocycles. The zero-order valence-corrected chi connectivity index (χ0v) is 16.2. The molecule has 3 atom stereocenters. The number of benzene rings is 1. The minimum Gasteiger partial charge on any atom is -0.357 e. The first-order valence-electron chi connectivity index (χ1n) is 9.68. The van der Waals surface area contributed by atoms with Crippen molar-refractivity contribution in [1.82, 2.24) is 15.2 Å². The Morgan fingerprint density at radius 3 is 2.78 bits per heavy atom. The number of nitrogens with zero attached hydrogens (tertiary/aromatic N) is 1. The van der Waals surface area contributed by atoms with Crippen molar-refractivity contribution in [2.75, 3.05) is 6.54 Å². The molecule has 2 aliphatic rings. The first kappa shape index (κ1) is 17.8. The van der Waals surface area contributed by atoms with E-state index >= 15 is 0 Å². The second-order valence-corrected chi connectivity index (χ2v) is 8.46. The maximum absolute atomic E-state index is 13.1. The van der Waals surface area contributed by atoms with Gasteiger partial charge in [0, 0.05) is 35.0 Å². The molecule has 1 aromatic carbocycles. The summed E-state index contributed by atoms with van der Waals surface area (Å²) in [6.45, 7) is 10.9. The molecule has 2 saturated heterocycles. The highest BCUT2D eigenvalue weighted by molar-refractivity contribution is 5.98. The van der Waals surface area contributed by atoms with E-state index in [2.05, 4.69) is 36.8 Å². The lowest BCUT2D eigenvalue weighted by Crippen LogP contribution is -2.62. The van der Waals surface area contributed by atoms with Gasteiger partial charge in [-0.15, -0.1) is 6.58 Å². The Morgan fingerprint density at radius 1 is 1.30 bits per heavy atom. The Kier molecular flexibility index (Phi) is 4.13. The summed E-state index contributed by atoms with van der Waals surface area (Å²) in [4.78, 5) is 31.0. The number of aromatic amines is 1. The summed E-state index contributed by atoms with van der Waals surface area (Å²) in [6, 6.07) is 7.29. The van der Waals surface area contributed by atoms with Gasteiger partial charge in [0.05, 0.1) is 0 Å². The molecular weight excluding hydrogens is 338 g/mol. The Hall–Kier alpha value is -2.56. The lowest BCUT2D eigenvalue weighted by molar-refractivity contribution is -0.147. The number of piperazine rings is 1. The number of carbonyl (C=O) groups is 2. The Labute approximate surface area is 159 Å². The standard InChI is InChI=1S/C22H27N3O2/c1-5-22(3,4)19-15(14-8-6-7-9-16(14)23-19)12-17-21(27)25-11-10-13(2)18(25)20(26)24-17/h5-9,13,17-18,23H,1,10-12H2,2-4H3,(H,24,26). The van der Waals surface area contributed by atoms with Crippen molar-refractivity contribution in [3.8, 4) is 0 Å². The second-order valence-electron chi connectivity index (χ2n) is 8.46. The average Bonchev–Trinajstić information content (AvgIpc) is 3.21. The largest absolute Gasteiger partial charge is 0.357 e. The van der Waals surface area contributed by atoms with Crippen molar-refractivity contribution in [3.05, 3.63) is 48.2 Å². The predicted molar refractivity (Wildman–Crippen MR) is 106 cm³/mol. The zero-order valence-electron chi connectivity index (χ0n) is 16.2. The van der Waals surface area contributed by atoms with E-state index < -0.39 is 6.04 Å². The highest BCUT2D eigenvalue weighted by Gasteiger charge is 2.46. The molecule has 27 heavy (non-hydrogen) atoms. The summed E-state index contributed by atoms with van der Waals surface area (Å²) < 4.78 is 0. The molecule has 3 heterocycles. The molecular formula is C22H27N3O2. The van der Waals surface area contributed by atoms with Crippen LogP contribution in [0.2, 0.25) is 0 Å². The average molecular weight is 365 g/mol. The molecule has 2 aromatic rings. The summed E-state index contributed by atoms with van der Waals surface area (Å²) in [5.74, 6) is 0.240. The summed E-state index contributed by atoms with van der Waals surface area (Å²) in [6.07, 6.45) is 3.29. The van der Waals surface area contributed by atoms with Crippen LogP contribution >= 0.6 is 0 Å². The molecule has 2 aliphatic heterocycles. The molecule has 0 aliphatic carbocycles. The first-order valence-corrected chi connectivity index (χ1v) is 9.68. The number of hydrogen-bond donors (Lipinski definition) is 2. The molecule has 3 unspecified atom stereocenters. The van der Waals surface area contributed by atoms with Gasteiger partial charge in [0.2, 0.25) is 11.8 Å². The monoisotopic (exact) mass is 365 g/mol. The van der Waals surface area contributed by atoms with Gasteiger partial charge in [0.15, 0.2) is 0 Å². The van der Waals surface area contributed by atoms with Crippen LogP contribution in [0.1, 0.15) is 38.4 Å². The van der Waals surface area contributed by atoms with Crippen molar-refractivity contribution >= 4 is 22.7 Å². The fourth-order valence-corrected chi connectivity index (χ4v) is 4.52. The van der Waals surface area contributed by atoms with Gasteiger partial charge in [-0.1, -0.05) is 45.0 Å². The molecule has 2 amide bonds. The molecule has 0 bridgehead atoms. The number of allylic oxidation sites excluding steroid dienone is 1. The number of rotatable bonds is 4. The third-order valence-corrected chi connectivity index (χ3v) is 6.24. The van der Waals surface area contributed by atoms with E-state index in [9.17, 15) is 9.59 Å². The van der Waals surface area contributed by atoms with Gasteiger partial charge >= 0.3 is 0 Å². The molecule has 2 N–H and O–H groups in total. The van der Waals surface area contributed by atoms with Gasteiger partial charge < -0.3 is 15.2 Å². The SMILES string of the molecule is C=CC(C)(C)c1[nH]c2ccccc2c1CC1NC(=O)C2C(C)CCN2C1=O. The van der Waals surface area contributed by atoms with E-state index in [-0.39, 0.29) is 29.2 Å². The molecule has 0 radical (unpaired) electrons. The second kappa shape index (κ2) is 6.25. The number of H-pyrrole nitrogens is 1. The quantitative estimate of drug-likeness (QED) is 0.818. The van der Waals surface area contributed by atoms with Crippen LogP contribution in [0, 0.1) is 5.92 Å². The normalized spacial score (nSPS) is 25.6. The van der Waals surface area contributed by atoms with E-state index in [4.69, 9.17) is 0 Å². The number of fused-ring (bicyclic) bond motifs is 2. The maximum Gasteiger partial charge on any atom is 0.246 e. The number of nitrogens with one attached hydrogen (secondary N) is 2. The van der Waals surface area contributed by atoms with Gasteiger partial charge in [0.25, 0.3) is 0 Å². The van der Waals surface area contributed by atoms with Crippen molar-refractivity contribution in [2.45, 2.75) is 51.1 Å². The first-order chi connectivity index (χ1) is 12.8. The predicted octanol–water partition coefficient (Wildman–Crippen LogP) is 2.91. The van der Waals surface area contributed by atoms with E-state index in [0.717, 1.165) is 28.6 Å². The summed E-state index contributed by atoms with van der Waals surface area (Å²) >= 11 is 0. The van der Waals surface area contributed by atoms with E-state index in [1.165, 1.54) is 0 Å². The summed E-state index contributed by atoms with van der Waals surface area (Å²) in [7, 11) is 0. The van der Waals surface area contributed by atoms with Gasteiger partial charge in [0.1, 0.15) is 12.1 Å². The van der Waals surface area contributed by atoms with Crippen LogP contribution in [0.25, 0.3) is 10.9 Å². The Balaban J connectivity index is 1.73. The molecule has 0 saturated carbocycles. The summed E-state index contributed by atoms with van der Waals surface area (Å²) in [5, 5.41) is 4.10. The highest BCUT2D eigenvalue weighted by atomic mass is 16.2. The number of hydrogen-bond acceptors (Lipinski definition) is 2. The van der Waals surface area contributed by atoms with Gasteiger partial charge in [-0.25, -0.2) is 0 Å². The van der Waals surface area contributed by atoms with Gasteiger partial charge in [-0.05, 0) is 24.0 Å². The van der Waals surface area contributed by atoms with Crippen LogP contribution in [0.3, 0.4) is 0 Å².